The van der Waals surface area contributed by atoms with Gasteiger partial charge in [0.25, 0.3) is 0 Å². The van der Waals surface area contributed by atoms with E-state index < -0.39 is 0 Å². The van der Waals surface area contributed by atoms with Crippen LogP contribution in [-0.2, 0) is 11.3 Å². The lowest BCUT2D eigenvalue weighted by Crippen LogP contribution is -2.32. The van der Waals surface area contributed by atoms with Crippen LogP contribution < -0.4 is 10.6 Å². The lowest BCUT2D eigenvalue weighted by atomic mass is 10.3. The zero-order valence-corrected chi connectivity index (χ0v) is 11.7. The fraction of sp³-hybridized carbons (Fsp3) is 0.769. The zero-order chi connectivity index (χ0) is 13.7. The van der Waals surface area contributed by atoms with Crippen LogP contribution in [0.25, 0.3) is 0 Å². The van der Waals surface area contributed by atoms with Crippen LogP contribution in [-0.4, -0.2) is 33.5 Å². The smallest absolute Gasteiger partial charge is 0.244 e. The highest BCUT2D eigenvalue weighted by Gasteiger charge is 2.21. The van der Waals surface area contributed by atoms with Crippen molar-refractivity contribution < 1.29 is 4.79 Å². The average molecular weight is 265 g/mol. The molecule has 1 aliphatic rings. The molecule has 19 heavy (non-hydrogen) atoms. The van der Waals surface area contributed by atoms with Crippen molar-refractivity contribution in [1.29, 1.82) is 0 Å². The fourth-order valence-electron chi connectivity index (χ4n) is 1.78. The number of nitrogens with zero attached hydrogens (tertiary/aromatic N) is 3. The van der Waals surface area contributed by atoms with Crippen LogP contribution in [0.3, 0.4) is 0 Å². The van der Waals surface area contributed by atoms with Crippen molar-refractivity contribution in [3.63, 3.8) is 0 Å². The van der Waals surface area contributed by atoms with Crippen molar-refractivity contribution in [1.82, 2.24) is 25.6 Å². The van der Waals surface area contributed by atoms with Gasteiger partial charge >= 0.3 is 0 Å². The van der Waals surface area contributed by atoms with Gasteiger partial charge in [-0.05, 0) is 26.2 Å². The molecule has 1 heterocycles. The normalized spacial score (nSPS) is 16.3. The van der Waals surface area contributed by atoms with Crippen LogP contribution in [0.15, 0.2) is 6.20 Å². The highest BCUT2D eigenvalue weighted by molar-refractivity contribution is 5.79. The molecule has 106 valence electrons. The molecule has 0 aliphatic heterocycles. The third-order valence-electron chi connectivity index (χ3n) is 3.31. The Morgan fingerprint density at radius 2 is 2.37 bits per heavy atom. The maximum atomic E-state index is 11.9. The first-order valence-corrected chi connectivity index (χ1v) is 7.12. The Kier molecular flexibility index (Phi) is 4.90. The molecular formula is C13H23N5O. The molecule has 0 bridgehead atoms. The lowest BCUT2D eigenvalue weighted by molar-refractivity contribution is -0.124. The SMILES string of the molecule is CCCCNC(=O)C(C)n1cc(CNC2CC2)nn1. The molecule has 0 radical (unpaired) electrons. The molecule has 1 saturated carbocycles. The Bertz CT molecular complexity index is 413. The summed E-state index contributed by atoms with van der Waals surface area (Å²) in [5.41, 5.74) is 0.889. The molecule has 0 aromatic carbocycles. The number of amides is 1. The molecule has 1 aromatic heterocycles. The summed E-state index contributed by atoms with van der Waals surface area (Å²) in [7, 11) is 0. The molecule has 1 fully saturated rings. The second-order valence-electron chi connectivity index (χ2n) is 5.17. The first-order chi connectivity index (χ1) is 9.20. The van der Waals surface area contributed by atoms with Gasteiger partial charge < -0.3 is 10.6 Å². The van der Waals surface area contributed by atoms with Gasteiger partial charge in [0.05, 0.1) is 11.9 Å². The molecule has 0 saturated heterocycles. The van der Waals surface area contributed by atoms with E-state index in [-0.39, 0.29) is 11.9 Å². The second kappa shape index (κ2) is 6.65. The summed E-state index contributed by atoms with van der Waals surface area (Å²) in [6, 6.07) is 0.346. The van der Waals surface area contributed by atoms with E-state index >= 15 is 0 Å². The van der Waals surface area contributed by atoms with Gasteiger partial charge in [-0.1, -0.05) is 18.6 Å². The number of aromatic nitrogens is 3. The first-order valence-electron chi connectivity index (χ1n) is 7.12. The van der Waals surface area contributed by atoms with Gasteiger partial charge in [0.1, 0.15) is 6.04 Å². The van der Waals surface area contributed by atoms with Gasteiger partial charge in [-0.2, -0.15) is 0 Å². The van der Waals surface area contributed by atoms with E-state index in [1.54, 1.807) is 4.68 Å². The summed E-state index contributed by atoms with van der Waals surface area (Å²) < 4.78 is 1.63. The zero-order valence-electron chi connectivity index (χ0n) is 11.7. The quantitative estimate of drug-likeness (QED) is 0.688. The number of rotatable bonds is 8. The Balaban J connectivity index is 1.80. The molecule has 6 heteroatoms. The molecule has 1 atom stereocenters. The number of unbranched alkanes of at least 4 members (excludes halogenated alkanes) is 1. The second-order valence-corrected chi connectivity index (χ2v) is 5.17. The average Bonchev–Trinajstić information content (AvgIpc) is 3.13. The Labute approximate surface area is 113 Å². The van der Waals surface area contributed by atoms with Gasteiger partial charge in [0.15, 0.2) is 0 Å². The van der Waals surface area contributed by atoms with Crippen LogP contribution >= 0.6 is 0 Å². The third kappa shape index (κ3) is 4.31. The van der Waals surface area contributed by atoms with E-state index in [1.807, 2.05) is 13.1 Å². The fourth-order valence-corrected chi connectivity index (χ4v) is 1.78. The number of nitrogens with one attached hydrogen (secondary N) is 2. The highest BCUT2D eigenvalue weighted by atomic mass is 16.2. The van der Waals surface area contributed by atoms with Crippen LogP contribution in [0.5, 0.6) is 0 Å². The lowest BCUT2D eigenvalue weighted by Gasteiger charge is -2.11. The maximum Gasteiger partial charge on any atom is 0.244 e. The molecule has 2 rings (SSSR count). The minimum Gasteiger partial charge on any atom is -0.354 e. The summed E-state index contributed by atoms with van der Waals surface area (Å²) in [4.78, 5) is 11.9. The van der Waals surface area contributed by atoms with E-state index in [0.717, 1.165) is 31.6 Å². The number of carbonyl (C=O) groups is 1. The van der Waals surface area contributed by atoms with Crippen molar-refractivity contribution in [2.75, 3.05) is 6.54 Å². The number of carbonyl (C=O) groups excluding carboxylic acids is 1. The number of hydrogen-bond acceptors (Lipinski definition) is 4. The van der Waals surface area contributed by atoms with Gasteiger partial charge in [0, 0.05) is 19.1 Å². The standard InChI is InChI=1S/C13H23N5O/c1-3-4-7-14-13(19)10(2)18-9-12(16-17-18)8-15-11-5-6-11/h9-11,15H,3-8H2,1-2H3,(H,14,19). The predicted molar refractivity (Wildman–Crippen MR) is 72.5 cm³/mol. The Hall–Kier alpha value is -1.43. The van der Waals surface area contributed by atoms with E-state index in [2.05, 4.69) is 27.9 Å². The molecule has 0 spiro atoms. The van der Waals surface area contributed by atoms with Crippen molar-refractivity contribution in [3.8, 4) is 0 Å². The van der Waals surface area contributed by atoms with Crippen LogP contribution in [0, 0.1) is 0 Å². The topological polar surface area (TPSA) is 71.8 Å². The molecule has 1 aromatic rings. The van der Waals surface area contributed by atoms with Gasteiger partial charge in [-0.25, -0.2) is 4.68 Å². The predicted octanol–water partition coefficient (Wildman–Crippen LogP) is 1.01. The highest BCUT2D eigenvalue weighted by Crippen LogP contribution is 2.19. The molecule has 2 N–H and O–H groups in total. The van der Waals surface area contributed by atoms with Crippen LogP contribution in [0.4, 0.5) is 0 Å². The van der Waals surface area contributed by atoms with Crippen molar-refractivity contribution in [2.45, 2.75) is 58.2 Å². The minimum atomic E-state index is -0.306. The van der Waals surface area contributed by atoms with Crippen molar-refractivity contribution in [2.24, 2.45) is 0 Å². The van der Waals surface area contributed by atoms with E-state index in [9.17, 15) is 4.79 Å². The largest absolute Gasteiger partial charge is 0.354 e. The summed E-state index contributed by atoms with van der Waals surface area (Å²) >= 11 is 0. The monoisotopic (exact) mass is 265 g/mol. The summed E-state index contributed by atoms with van der Waals surface area (Å²) in [5, 5.41) is 14.4. The van der Waals surface area contributed by atoms with Gasteiger partial charge in [0.2, 0.25) is 5.91 Å². The van der Waals surface area contributed by atoms with Crippen molar-refractivity contribution in [3.05, 3.63) is 11.9 Å². The molecule has 1 aliphatic carbocycles. The Morgan fingerprint density at radius 3 is 3.05 bits per heavy atom. The molecule has 1 unspecified atom stereocenters. The van der Waals surface area contributed by atoms with Gasteiger partial charge in [-0.3, -0.25) is 4.79 Å². The molecule has 6 nitrogen and oxygen atoms in total. The van der Waals surface area contributed by atoms with E-state index in [0.29, 0.717) is 6.04 Å². The summed E-state index contributed by atoms with van der Waals surface area (Å²) in [5.74, 6) is 0.0000482. The van der Waals surface area contributed by atoms with Crippen LogP contribution in [0.1, 0.15) is 51.3 Å². The van der Waals surface area contributed by atoms with Gasteiger partial charge in [-0.15, -0.1) is 5.10 Å². The first kappa shape index (κ1) is 14.0. The van der Waals surface area contributed by atoms with E-state index in [4.69, 9.17) is 0 Å². The van der Waals surface area contributed by atoms with Crippen LogP contribution in [0.2, 0.25) is 0 Å². The van der Waals surface area contributed by atoms with E-state index in [1.165, 1.54) is 12.8 Å². The van der Waals surface area contributed by atoms with Crippen molar-refractivity contribution >= 4 is 5.91 Å². The molecule has 1 amide bonds. The Morgan fingerprint density at radius 1 is 1.58 bits per heavy atom. The summed E-state index contributed by atoms with van der Waals surface area (Å²) in [6.45, 7) is 5.40. The maximum absolute atomic E-state index is 11.9. The minimum absolute atomic E-state index is 0.0000482. The number of hydrogen-bond donors (Lipinski definition) is 2. The molecular weight excluding hydrogens is 242 g/mol. The third-order valence-corrected chi connectivity index (χ3v) is 3.31. The summed E-state index contributed by atoms with van der Waals surface area (Å²) in [6.07, 6.45) is 6.44.